The van der Waals surface area contributed by atoms with Crippen LogP contribution in [0.3, 0.4) is 0 Å². The summed E-state index contributed by atoms with van der Waals surface area (Å²) in [5.41, 5.74) is 1.37. The third-order valence-corrected chi connectivity index (χ3v) is 3.66. The van der Waals surface area contributed by atoms with Crippen molar-refractivity contribution >= 4 is 33.4 Å². The summed E-state index contributed by atoms with van der Waals surface area (Å²) in [6, 6.07) is 11.3. The van der Waals surface area contributed by atoms with Crippen molar-refractivity contribution in [3.63, 3.8) is 0 Å². The summed E-state index contributed by atoms with van der Waals surface area (Å²) in [6.45, 7) is 0.442. The number of hydrogen-bond acceptors (Lipinski definition) is 1. The lowest BCUT2D eigenvalue weighted by Crippen LogP contribution is -2.26. The van der Waals surface area contributed by atoms with Gasteiger partial charge in [0.05, 0.1) is 5.56 Å². The van der Waals surface area contributed by atoms with Gasteiger partial charge in [0.2, 0.25) is 0 Å². The molecule has 20 heavy (non-hydrogen) atoms. The van der Waals surface area contributed by atoms with E-state index in [2.05, 4.69) is 21.2 Å². The van der Waals surface area contributed by atoms with E-state index in [9.17, 15) is 9.18 Å². The van der Waals surface area contributed by atoms with E-state index in [1.807, 2.05) is 6.07 Å². The van der Waals surface area contributed by atoms with Crippen LogP contribution < -0.4 is 5.32 Å². The summed E-state index contributed by atoms with van der Waals surface area (Å²) in [5.74, 6) is -0.459. The van der Waals surface area contributed by atoms with Crippen LogP contribution in [0.25, 0.3) is 0 Å². The minimum atomic E-state index is -0.269. The van der Waals surface area contributed by atoms with Crippen LogP contribution in [0.15, 0.2) is 46.9 Å². The maximum absolute atomic E-state index is 13.0. The van der Waals surface area contributed by atoms with Crippen molar-refractivity contribution in [2.75, 3.05) is 6.54 Å². The highest BCUT2D eigenvalue weighted by Crippen LogP contribution is 2.21. The smallest absolute Gasteiger partial charge is 0.252 e. The van der Waals surface area contributed by atoms with Crippen molar-refractivity contribution in [2.45, 2.75) is 6.42 Å². The van der Waals surface area contributed by atoms with Gasteiger partial charge in [-0.15, -0.1) is 0 Å². The number of benzene rings is 2. The van der Waals surface area contributed by atoms with Gasteiger partial charge in [0, 0.05) is 16.0 Å². The van der Waals surface area contributed by atoms with Crippen LogP contribution in [0.2, 0.25) is 5.02 Å². The zero-order valence-electron chi connectivity index (χ0n) is 10.5. The van der Waals surface area contributed by atoms with Crippen LogP contribution in [0, 0.1) is 5.82 Å². The molecular formula is C15H12BrClFNO. The maximum atomic E-state index is 13.0. The minimum Gasteiger partial charge on any atom is -0.352 e. The molecule has 0 atom stereocenters. The molecule has 104 valence electrons. The van der Waals surface area contributed by atoms with Gasteiger partial charge in [-0.05, 0) is 58.2 Å². The van der Waals surface area contributed by atoms with Crippen LogP contribution in [-0.2, 0) is 6.42 Å². The Morgan fingerprint density at radius 3 is 2.75 bits per heavy atom. The second-order valence-corrected chi connectivity index (χ2v) is 5.55. The lowest BCUT2D eigenvalue weighted by molar-refractivity contribution is 0.0953. The molecule has 2 aromatic rings. The number of halogens is 3. The van der Waals surface area contributed by atoms with Gasteiger partial charge in [-0.1, -0.05) is 23.7 Å². The molecule has 0 aliphatic rings. The highest BCUT2D eigenvalue weighted by Gasteiger charge is 2.09. The molecule has 0 aromatic heterocycles. The molecule has 0 spiro atoms. The summed E-state index contributed by atoms with van der Waals surface area (Å²) in [4.78, 5) is 12.0. The first-order valence-corrected chi connectivity index (χ1v) is 7.21. The first kappa shape index (κ1) is 15.0. The molecule has 0 fully saturated rings. The predicted molar refractivity (Wildman–Crippen MR) is 81.6 cm³/mol. The number of nitrogens with one attached hydrogen (secondary N) is 1. The van der Waals surface area contributed by atoms with Crippen molar-refractivity contribution in [3.8, 4) is 0 Å². The standard InChI is InChI=1S/C15H12BrClFNO/c16-14-9-11(17)4-5-13(14)15(20)19-7-6-10-2-1-3-12(18)8-10/h1-5,8-9H,6-7H2,(H,19,20). The number of hydrogen-bond donors (Lipinski definition) is 1. The fourth-order valence-electron chi connectivity index (χ4n) is 1.78. The molecule has 5 heteroatoms. The minimum absolute atomic E-state index is 0.190. The summed E-state index contributed by atoms with van der Waals surface area (Å²) >= 11 is 9.12. The molecule has 0 unspecified atom stereocenters. The van der Waals surface area contributed by atoms with E-state index in [-0.39, 0.29) is 11.7 Å². The Morgan fingerprint density at radius 1 is 1.25 bits per heavy atom. The van der Waals surface area contributed by atoms with E-state index in [4.69, 9.17) is 11.6 Å². The predicted octanol–water partition coefficient (Wildman–Crippen LogP) is 4.21. The lowest BCUT2D eigenvalue weighted by atomic mass is 10.1. The summed E-state index contributed by atoms with van der Waals surface area (Å²) < 4.78 is 13.6. The van der Waals surface area contributed by atoms with Crippen LogP contribution >= 0.6 is 27.5 Å². The number of rotatable bonds is 4. The topological polar surface area (TPSA) is 29.1 Å². The molecule has 0 aliphatic heterocycles. The maximum Gasteiger partial charge on any atom is 0.252 e. The zero-order chi connectivity index (χ0) is 14.5. The number of carbonyl (C=O) groups excluding carboxylic acids is 1. The zero-order valence-corrected chi connectivity index (χ0v) is 12.8. The SMILES string of the molecule is O=C(NCCc1cccc(F)c1)c1ccc(Cl)cc1Br. The van der Waals surface area contributed by atoms with Crippen LogP contribution in [-0.4, -0.2) is 12.5 Å². The molecule has 0 radical (unpaired) electrons. The van der Waals surface area contributed by atoms with Gasteiger partial charge < -0.3 is 5.32 Å². The van der Waals surface area contributed by atoms with Gasteiger partial charge in [0.25, 0.3) is 5.91 Å². The fraction of sp³-hybridized carbons (Fsp3) is 0.133. The van der Waals surface area contributed by atoms with Crippen LogP contribution in [0.1, 0.15) is 15.9 Å². The average Bonchev–Trinajstić information content (AvgIpc) is 2.38. The molecule has 1 amide bonds. The Balaban J connectivity index is 1.92. The summed E-state index contributed by atoms with van der Waals surface area (Å²) in [5, 5.41) is 3.36. The molecule has 2 nitrogen and oxygen atoms in total. The Labute approximate surface area is 130 Å². The van der Waals surface area contributed by atoms with E-state index < -0.39 is 0 Å². The summed E-state index contributed by atoms with van der Waals surface area (Å²) in [6.07, 6.45) is 0.578. The highest BCUT2D eigenvalue weighted by molar-refractivity contribution is 9.10. The average molecular weight is 357 g/mol. The van der Waals surface area contributed by atoms with Crippen molar-refractivity contribution < 1.29 is 9.18 Å². The Hall–Kier alpha value is -1.39. The molecule has 2 aromatic carbocycles. The van der Waals surface area contributed by atoms with E-state index in [0.29, 0.717) is 28.0 Å². The summed E-state index contributed by atoms with van der Waals surface area (Å²) in [7, 11) is 0. The number of amides is 1. The van der Waals surface area contributed by atoms with Crippen molar-refractivity contribution in [3.05, 3.63) is 68.9 Å². The van der Waals surface area contributed by atoms with E-state index in [1.54, 1.807) is 24.3 Å². The molecule has 1 N–H and O–H groups in total. The van der Waals surface area contributed by atoms with Gasteiger partial charge in [-0.2, -0.15) is 0 Å². The van der Waals surface area contributed by atoms with Gasteiger partial charge in [-0.25, -0.2) is 4.39 Å². The van der Waals surface area contributed by atoms with Gasteiger partial charge >= 0.3 is 0 Å². The monoisotopic (exact) mass is 355 g/mol. The van der Waals surface area contributed by atoms with Gasteiger partial charge in [0.15, 0.2) is 0 Å². The van der Waals surface area contributed by atoms with E-state index in [0.717, 1.165) is 5.56 Å². The third-order valence-electron chi connectivity index (χ3n) is 2.76. The fourth-order valence-corrected chi connectivity index (χ4v) is 2.64. The van der Waals surface area contributed by atoms with Gasteiger partial charge in [0.1, 0.15) is 5.82 Å². The molecule has 0 saturated heterocycles. The normalized spacial score (nSPS) is 10.3. The first-order valence-electron chi connectivity index (χ1n) is 6.04. The van der Waals surface area contributed by atoms with Crippen molar-refractivity contribution in [1.29, 1.82) is 0 Å². The molecular weight excluding hydrogens is 345 g/mol. The van der Waals surface area contributed by atoms with Crippen molar-refractivity contribution in [2.24, 2.45) is 0 Å². The van der Waals surface area contributed by atoms with Crippen molar-refractivity contribution in [1.82, 2.24) is 5.32 Å². The Bertz CT molecular complexity index is 633. The highest BCUT2D eigenvalue weighted by atomic mass is 79.9. The van der Waals surface area contributed by atoms with Gasteiger partial charge in [-0.3, -0.25) is 4.79 Å². The molecule has 0 saturated carbocycles. The number of carbonyl (C=O) groups is 1. The quantitative estimate of drug-likeness (QED) is 0.873. The lowest BCUT2D eigenvalue weighted by Gasteiger charge is -2.07. The van der Waals surface area contributed by atoms with E-state index in [1.165, 1.54) is 12.1 Å². The molecule has 0 bridgehead atoms. The Kier molecular flexibility index (Phi) is 5.15. The largest absolute Gasteiger partial charge is 0.352 e. The Morgan fingerprint density at radius 2 is 2.05 bits per heavy atom. The molecule has 0 heterocycles. The molecule has 2 rings (SSSR count). The first-order chi connectivity index (χ1) is 9.56. The van der Waals surface area contributed by atoms with Crippen LogP contribution in [0.4, 0.5) is 4.39 Å². The van der Waals surface area contributed by atoms with E-state index >= 15 is 0 Å². The second-order valence-electron chi connectivity index (χ2n) is 4.26. The van der Waals surface area contributed by atoms with Crippen LogP contribution in [0.5, 0.6) is 0 Å². The molecule has 0 aliphatic carbocycles. The second kappa shape index (κ2) is 6.86. The third kappa shape index (κ3) is 4.05.